The lowest BCUT2D eigenvalue weighted by atomic mass is 9.87. The van der Waals surface area contributed by atoms with Crippen LogP contribution in [-0.4, -0.2) is 70.8 Å². The molecule has 0 aromatic carbocycles. The zero-order valence-electron chi connectivity index (χ0n) is 15.1. The number of hydrogen-bond acceptors (Lipinski definition) is 8. The summed E-state index contributed by atoms with van der Waals surface area (Å²) in [6.07, 6.45) is 4.99. The van der Waals surface area contributed by atoms with E-state index >= 15 is 0 Å². The van der Waals surface area contributed by atoms with E-state index in [1.54, 1.807) is 6.07 Å². The van der Waals surface area contributed by atoms with Gasteiger partial charge < -0.3 is 24.3 Å². The number of ether oxygens (including phenoxy) is 1. The first-order chi connectivity index (χ1) is 13.5. The van der Waals surface area contributed by atoms with Crippen molar-refractivity contribution >= 4 is 17.7 Å². The molecule has 2 N–H and O–H groups in total. The first-order valence-electron chi connectivity index (χ1n) is 8.58. The summed E-state index contributed by atoms with van der Waals surface area (Å²) in [4.78, 5) is 26.8. The number of rotatable bonds is 6. The van der Waals surface area contributed by atoms with Crippen LogP contribution in [0.5, 0.6) is 5.88 Å². The summed E-state index contributed by atoms with van der Waals surface area (Å²) in [6, 6.07) is 1.64. The Hall–Kier alpha value is -3.32. The molecule has 0 spiro atoms. The van der Waals surface area contributed by atoms with Crippen LogP contribution in [0.2, 0.25) is 0 Å². The second-order valence-corrected chi connectivity index (χ2v) is 5.90. The lowest BCUT2D eigenvalue weighted by molar-refractivity contribution is -0.134. The molecular formula is C18H21N3O7. The van der Waals surface area contributed by atoms with Crippen LogP contribution in [0, 0.1) is 17.8 Å². The molecule has 3 aliphatic heterocycles. The number of carboxylic acids is 2. The van der Waals surface area contributed by atoms with Crippen LogP contribution in [0.25, 0.3) is 0 Å². The quantitative estimate of drug-likeness (QED) is 0.313. The first-order valence-corrected chi connectivity index (χ1v) is 8.58. The van der Waals surface area contributed by atoms with Gasteiger partial charge in [-0.05, 0) is 31.1 Å². The molecule has 0 saturated carbocycles. The Labute approximate surface area is 161 Å². The molecule has 4 rings (SSSR count). The molecule has 3 saturated heterocycles. The molecule has 150 valence electrons. The number of aliphatic carboxylic acids is 2. The van der Waals surface area contributed by atoms with Gasteiger partial charge in [-0.25, -0.2) is 9.59 Å². The fraction of sp³-hybridized carbons (Fsp3) is 0.444. The maximum Gasteiger partial charge on any atom is 0.328 e. The summed E-state index contributed by atoms with van der Waals surface area (Å²) < 4.78 is 9.84. The molecule has 4 heterocycles. The summed E-state index contributed by atoms with van der Waals surface area (Å²) in [5, 5.41) is 23.5. The van der Waals surface area contributed by atoms with Gasteiger partial charge in [-0.3, -0.25) is 4.90 Å². The average molecular weight is 391 g/mol. The van der Waals surface area contributed by atoms with Crippen molar-refractivity contribution in [1.82, 2.24) is 10.1 Å². The molecule has 0 radical (unpaired) electrons. The summed E-state index contributed by atoms with van der Waals surface area (Å²) in [6.45, 7) is 3.90. The largest absolute Gasteiger partial charge is 0.478 e. The van der Waals surface area contributed by atoms with Crippen molar-refractivity contribution in [3.05, 3.63) is 24.5 Å². The molecule has 2 bridgehead atoms. The van der Waals surface area contributed by atoms with Gasteiger partial charge in [0.05, 0.1) is 5.71 Å². The van der Waals surface area contributed by atoms with Crippen LogP contribution in [0.4, 0.5) is 0 Å². The van der Waals surface area contributed by atoms with E-state index in [4.69, 9.17) is 19.8 Å². The van der Waals surface area contributed by atoms with E-state index in [2.05, 4.69) is 31.6 Å². The van der Waals surface area contributed by atoms with Crippen LogP contribution < -0.4 is 4.74 Å². The van der Waals surface area contributed by atoms with E-state index in [-0.39, 0.29) is 6.61 Å². The number of carbonyl (C=O) groups is 2. The van der Waals surface area contributed by atoms with E-state index in [1.165, 1.54) is 37.9 Å². The van der Waals surface area contributed by atoms with E-state index < -0.39 is 11.9 Å². The molecule has 28 heavy (non-hydrogen) atoms. The Kier molecular flexibility index (Phi) is 8.55. The van der Waals surface area contributed by atoms with Crippen molar-refractivity contribution in [3.63, 3.8) is 0 Å². The molecule has 10 nitrogen and oxygen atoms in total. The predicted octanol–water partition coefficient (Wildman–Crippen LogP) is 0.867. The van der Waals surface area contributed by atoms with Crippen LogP contribution >= 0.6 is 0 Å². The van der Waals surface area contributed by atoms with Crippen molar-refractivity contribution in [1.29, 1.82) is 0 Å². The minimum atomic E-state index is -1.26. The number of oxime groups is 1. The van der Waals surface area contributed by atoms with Gasteiger partial charge >= 0.3 is 11.9 Å². The summed E-state index contributed by atoms with van der Waals surface area (Å²) in [5.41, 5.74) is 1.17. The lowest BCUT2D eigenvalue weighted by Gasteiger charge is -2.39. The second kappa shape index (κ2) is 11.4. The highest BCUT2D eigenvalue weighted by molar-refractivity contribution is 5.90. The first kappa shape index (κ1) is 21.0. The second-order valence-electron chi connectivity index (χ2n) is 5.90. The predicted molar refractivity (Wildman–Crippen MR) is 96.7 cm³/mol. The SMILES string of the molecule is C(#CCOc1ccon1)CO/N=C1\CN2CCC1CC2.O=C(O)/C=C/C(=O)O. The van der Waals surface area contributed by atoms with Gasteiger partial charge in [-0.15, -0.1) is 0 Å². The molecule has 1 aromatic heterocycles. The van der Waals surface area contributed by atoms with E-state index in [0.29, 0.717) is 30.6 Å². The maximum atomic E-state index is 9.55. The van der Waals surface area contributed by atoms with Crippen LogP contribution in [0.3, 0.4) is 0 Å². The Morgan fingerprint density at radius 2 is 1.93 bits per heavy atom. The average Bonchev–Trinajstić information content (AvgIpc) is 3.21. The number of nitrogens with zero attached hydrogens (tertiary/aromatic N) is 3. The van der Waals surface area contributed by atoms with Crippen molar-refractivity contribution in [2.75, 3.05) is 32.8 Å². The molecule has 3 fully saturated rings. The Bertz CT molecular complexity index is 738. The smallest absolute Gasteiger partial charge is 0.328 e. The summed E-state index contributed by atoms with van der Waals surface area (Å²) in [5.74, 6) is 4.23. The van der Waals surface area contributed by atoms with Crippen molar-refractivity contribution < 1.29 is 33.9 Å². The van der Waals surface area contributed by atoms with Gasteiger partial charge in [-0.1, -0.05) is 17.0 Å². The van der Waals surface area contributed by atoms with Gasteiger partial charge in [0.2, 0.25) is 0 Å². The van der Waals surface area contributed by atoms with Gasteiger partial charge in [0.25, 0.3) is 5.88 Å². The highest BCUT2D eigenvalue weighted by Crippen LogP contribution is 2.25. The topological polar surface area (TPSA) is 135 Å². The molecule has 10 heteroatoms. The summed E-state index contributed by atoms with van der Waals surface area (Å²) >= 11 is 0. The number of hydrogen-bond donors (Lipinski definition) is 2. The number of carboxylic acid groups (broad SMARTS) is 2. The third-order valence-corrected chi connectivity index (χ3v) is 3.96. The van der Waals surface area contributed by atoms with Crippen LogP contribution in [-0.2, 0) is 14.4 Å². The van der Waals surface area contributed by atoms with Gasteiger partial charge in [0.15, 0.2) is 13.2 Å². The number of fused-ring (bicyclic) bond motifs is 3. The molecule has 0 aliphatic carbocycles. The van der Waals surface area contributed by atoms with Crippen LogP contribution in [0.15, 0.2) is 34.2 Å². The molecular weight excluding hydrogens is 370 g/mol. The normalized spacial score (nSPS) is 21.4. The van der Waals surface area contributed by atoms with E-state index in [9.17, 15) is 9.59 Å². The van der Waals surface area contributed by atoms with Crippen LogP contribution in [0.1, 0.15) is 12.8 Å². The van der Waals surface area contributed by atoms with E-state index in [1.807, 2.05) is 0 Å². The zero-order chi connectivity index (χ0) is 20.2. The zero-order valence-corrected chi connectivity index (χ0v) is 15.1. The molecule has 0 amide bonds. The number of aromatic nitrogens is 1. The fourth-order valence-corrected chi connectivity index (χ4v) is 2.66. The molecule has 1 aromatic rings. The third-order valence-electron chi connectivity index (χ3n) is 3.96. The minimum absolute atomic E-state index is 0.267. The Morgan fingerprint density at radius 3 is 2.46 bits per heavy atom. The van der Waals surface area contributed by atoms with Gasteiger partial charge in [0.1, 0.15) is 6.26 Å². The van der Waals surface area contributed by atoms with Crippen molar-refractivity contribution in [2.24, 2.45) is 11.1 Å². The standard InChI is InChI=1S/C14H17N3O3.C4H4O4/c1(8-18-14-5-10-20-16-14)2-9-19-15-13-11-17-6-3-12(13)4-7-17;5-3(6)1-2-4(7)8/h5,10,12H,3-4,6-9,11H2;1-2H,(H,5,6)(H,7,8)/b15-13+;2-1+. The van der Waals surface area contributed by atoms with Gasteiger partial charge in [-0.2, -0.15) is 0 Å². The summed E-state index contributed by atoms with van der Waals surface area (Å²) in [7, 11) is 0. The Morgan fingerprint density at radius 1 is 1.25 bits per heavy atom. The molecule has 3 aliphatic rings. The van der Waals surface area contributed by atoms with E-state index in [0.717, 1.165) is 6.54 Å². The monoisotopic (exact) mass is 391 g/mol. The maximum absolute atomic E-state index is 9.55. The minimum Gasteiger partial charge on any atom is -0.478 e. The highest BCUT2D eigenvalue weighted by atomic mass is 16.6. The number of piperidine rings is 3. The van der Waals surface area contributed by atoms with Crippen molar-refractivity contribution in [2.45, 2.75) is 12.8 Å². The Balaban J connectivity index is 0.000000300. The fourth-order valence-electron chi connectivity index (χ4n) is 2.66. The third kappa shape index (κ3) is 7.92. The molecule has 0 unspecified atom stereocenters. The molecule has 0 atom stereocenters. The van der Waals surface area contributed by atoms with Crippen molar-refractivity contribution in [3.8, 4) is 17.7 Å². The van der Waals surface area contributed by atoms with Gasteiger partial charge in [0, 0.05) is 30.7 Å². The highest BCUT2D eigenvalue weighted by Gasteiger charge is 2.31. The lowest BCUT2D eigenvalue weighted by Crippen LogP contribution is -2.47.